The van der Waals surface area contributed by atoms with Crippen molar-refractivity contribution in [1.29, 1.82) is 0 Å². The largest absolute Gasteiger partial charge is 0.467 e. The van der Waals surface area contributed by atoms with Gasteiger partial charge in [0.15, 0.2) is 6.04 Å². The first kappa shape index (κ1) is 15.3. The van der Waals surface area contributed by atoms with Gasteiger partial charge in [-0.2, -0.15) is 0 Å². The number of hydrogen-bond acceptors (Lipinski definition) is 5. The van der Waals surface area contributed by atoms with Gasteiger partial charge in [-0.05, 0) is 25.7 Å². The summed E-state index contributed by atoms with van der Waals surface area (Å²) >= 11 is 0. The van der Waals surface area contributed by atoms with Gasteiger partial charge in [0.1, 0.15) is 0 Å². The van der Waals surface area contributed by atoms with Crippen molar-refractivity contribution in [1.82, 2.24) is 4.90 Å². The van der Waals surface area contributed by atoms with E-state index in [2.05, 4.69) is 0 Å². The van der Waals surface area contributed by atoms with Gasteiger partial charge in [0.05, 0.1) is 26.4 Å². The molecule has 0 radical (unpaired) electrons. The van der Waals surface area contributed by atoms with E-state index in [-0.39, 0.29) is 12.5 Å². The maximum Gasteiger partial charge on any atom is 0.331 e. The molecule has 2 aliphatic rings. The van der Waals surface area contributed by atoms with Gasteiger partial charge in [0.25, 0.3) is 0 Å². The van der Waals surface area contributed by atoms with Crippen LogP contribution in [-0.2, 0) is 23.8 Å². The van der Waals surface area contributed by atoms with Crippen molar-refractivity contribution >= 4 is 11.9 Å². The Balaban J connectivity index is 1.83. The Kier molecular flexibility index (Phi) is 5.37. The molecule has 114 valence electrons. The van der Waals surface area contributed by atoms with Crippen LogP contribution >= 0.6 is 0 Å². The van der Waals surface area contributed by atoms with Crippen molar-refractivity contribution in [2.45, 2.75) is 38.3 Å². The van der Waals surface area contributed by atoms with E-state index in [1.807, 2.05) is 6.92 Å². The minimum absolute atomic E-state index is 0.0173. The average molecular weight is 285 g/mol. The van der Waals surface area contributed by atoms with Gasteiger partial charge in [0, 0.05) is 19.6 Å². The molecule has 6 nitrogen and oxygen atoms in total. The van der Waals surface area contributed by atoms with E-state index < -0.39 is 12.0 Å². The topological polar surface area (TPSA) is 65.1 Å². The smallest absolute Gasteiger partial charge is 0.331 e. The van der Waals surface area contributed by atoms with Crippen molar-refractivity contribution in [3.8, 4) is 0 Å². The van der Waals surface area contributed by atoms with Crippen molar-refractivity contribution < 1.29 is 23.8 Å². The van der Waals surface area contributed by atoms with Gasteiger partial charge in [-0.3, -0.25) is 4.79 Å². The zero-order valence-corrected chi connectivity index (χ0v) is 12.2. The molecule has 1 atom stereocenters. The van der Waals surface area contributed by atoms with Crippen LogP contribution in [0.5, 0.6) is 0 Å². The Morgan fingerprint density at radius 3 is 2.75 bits per heavy atom. The first-order valence-corrected chi connectivity index (χ1v) is 7.22. The molecule has 1 unspecified atom stereocenters. The zero-order valence-electron chi connectivity index (χ0n) is 12.2. The summed E-state index contributed by atoms with van der Waals surface area (Å²) in [6.07, 6.45) is 2.66. The molecule has 1 saturated heterocycles. The number of esters is 1. The van der Waals surface area contributed by atoms with Crippen molar-refractivity contribution in [2.24, 2.45) is 5.92 Å². The highest BCUT2D eigenvalue weighted by Gasteiger charge is 2.37. The lowest BCUT2D eigenvalue weighted by molar-refractivity contribution is -0.162. The lowest BCUT2D eigenvalue weighted by Gasteiger charge is -2.38. The van der Waals surface area contributed by atoms with Gasteiger partial charge in [0.2, 0.25) is 5.91 Å². The molecule has 0 N–H and O–H groups in total. The Bertz CT molecular complexity index is 353. The van der Waals surface area contributed by atoms with Gasteiger partial charge >= 0.3 is 5.97 Å². The molecule has 0 spiro atoms. The maximum atomic E-state index is 12.3. The summed E-state index contributed by atoms with van der Waals surface area (Å²) in [5.74, 6) is -0.0114. The number of amides is 1. The third kappa shape index (κ3) is 3.49. The fourth-order valence-corrected chi connectivity index (χ4v) is 2.81. The van der Waals surface area contributed by atoms with Gasteiger partial charge in [-0.25, -0.2) is 4.79 Å². The van der Waals surface area contributed by atoms with Crippen LogP contribution in [0.2, 0.25) is 0 Å². The SMILES string of the molecule is CCOC1CC(CC(=O)N2CCOCC2C(=O)OC)C1. The van der Waals surface area contributed by atoms with Crippen LogP contribution in [0.15, 0.2) is 0 Å². The second kappa shape index (κ2) is 7.04. The fraction of sp³-hybridized carbons (Fsp3) is 0.857. The van der Waals surface area contributed by atoms with E-state index in [1.165, 1.54) is 7.11 Å². The summed E-state index contributed by atoms with van der Waals surface area (Å²) in [5, 5.41) is 0. The first-order chi connectivity index (χ1) is 9.65. The summed E-state index contributed by atoms with van der Waals surface area (Å²) in [7, 11) is 1.33. The predicted molar refractivity (Wildman–Crippen MR) is 71.1 cm³/mol. The van der Waals surface area contributed by atoms with Gasteiger partial charge in [-0.15, -0.1) is 0 Å². The zero-order chi connectivity index (χ0) is 14.5. The average Bonchev–Trinajstić information content (AvgIpc) is 2.44. The van der Waals surface area contributed by atoms with E-state index in [0.29, 0.717) is 31.6 Å². The van der Waals surface area contributed by atoms with Crippen LogP contribution < -0.4 is 0 Å². The molecule has 1 saturated carbocycles. The van der Waals surface area contributed by atoms with Crippen molar-refractivity contribution in [2.75, 3.05) is 33.5 Å². The van der Waals surface area contributed by atoms with Crippen molar-refractivity contribution in [3.63, 3.8) is 0 Å². The molecule has 2 rings (SSSR count). The third-order valence-electron chi connectivity index (χ3n) is 3.98. The number of ether oxygens (including phenoxy) is 3. The highest BCUT2D eigenvalue weighted by Crippen LogP contribution is 2.33. The maximum absolute atomic E-state index is 12.3. The number of carbonyl (C=O) groups excluding carboxylic acids is 2. The Labute approximate surface area is 119 Å². The molecule has 0 aromatic rings. The number of methoxy groups -OCH3 is 1. The number of carbonyl (C=O) groups is 2. The predicted octanol–water partition coefficient (Wildman–Crippen LogP) is 0.592. The van der Waals surface area contributed by atoms with Crippen LogP contribution in [0, 0.1) is 5.92 Å². The van der Waals surface area contributed by atoms with E-state index in [0.717, 1.165) is 19.4 Å². The molecular weight excluding hydrogens is 262 g/mol. The molecule has 0 aromatic carbocycles. The number of morpholine rings is 1. The summed E-state index contributed by atoms with van der Waals surface area (Å²) in [6, 6.07) is -0.594. The summed E-state index contributed by atoms with van der Waals surface area (Å²) in [6.45, 7) is 3.86. The summed E-state index contributed by atoms with van der Waals surface area (Å²) in [5.41, 5.74) is 0. The Morgan fingerprint density at radius 2 is 2.10 bits per heavy atom. The fourth-order valence-electron chi connectivity index (χ4n) is 2.81. The molecule has 1 heterocycles. The van der Waals surface area contributed by atoms with E-state index >= 15 is 0 Å². The summed E-state index contributed by atoms with van der Waals surface area (Å²) < 4.78 is 15.5. The molecular formula is C14H23NO5. The highest BCUT2D eigenvalue weighted by atomic mass is 16.5. The molecule has 1 aliphatic heterocycles. The van der Waals surface area contributed by atoms with Crippen LogP contribution in [0.3, 0.4) is 0 Å². The third-order valence-corrected chi connectivity index (χ3v) is 3.98. The number of rotatable bonds is 5. The number of nitrogens with zero attached hydrogens (tertiary/aromatic N) is 1. The molecule has 0 aromatic heterocycles. The number of hydrogen-bond donors (Lipinski definition) is 0. The van der Waals surface area contributed by atoms with Crippen LogP contribution in [-0.4, -0.2) is 62.4 Å². The lowest BCUT2D eigenvalue weighted by atomic mass is 9.79. The van der Waals surface area contributed by atoms with E-state index in [1.54, 1.807) is 4.90 Å². The molecule has 1 aliphatic carbocycles. The summed E-state index contributed by atoms with van der Waals surface area (Å²) in [4.78, 5) is 25.6. The monoisotopic (exact) mass is 285 g/mol. The minimum atomic E-state index is -0.594. The Hall–Kier alpha value is -1.14. The second-order valence-corrected chi connectivity index (χ2v) is 5.32. The molecule has 20 heavy (non-hydrogen) atoms. The molecule has 2 fully saturated rings. The van der Waals surface area contributed by atoms with Crippen LogP contribution in [0.1, 0.15) is 26.2 Å². The quantitative estimate of drug-likeness (QED) is 0.692. The molecule has 6 heteroatoms. The van der Waals surface area contributed by atoms with Crippen molar-refractivity contribution in [3.05, 3.63) is 0 Å². The normalized spacial score (nSPS) is 29.7. The van der Waals surface area contributed by atoms with Gasteiger partial charge in [-0.1, -0.05) is 0 Å². The van der Waals surface area contributed by atoms with Crippen LogP contribution in [0.4, 0.5) is 0 Å². The van der Waals surface area contributed by atoms with E-state index in [4.69, 9.17) is 14.2 Å². The standard InChI is InChI=1S/C14H23NO5/c1-3-20-11-6-10(7-11)8-13(16)15-4-5-19-9-12(15)14(17)18-2/h10-12H,3-9H2,1-2H3. The lowest BCUT2D eigenvalue weighted by Crippen LogP contribution is -2.53. The Morgan fingerprint density at radius 1 is 1.35 bits per heavy atom. The molecule has 0 bridgehead atoms. The molecule has 1 amide bonds. The van der Waals surface area contributed by atoms with Gasteiger partial charge < -0.3 is 19.1 Å². The minimum Gasteiger partial charge on any atom is -0.467 e. The van der Waals surface area contributed by atoms with E-state index in [9.17, 15) is 9.59 Å². The van der Waals surface area contributed by atoms with Crippen LogP contribution in [0.25, 0.3) is 0 Å². The second-order valence-electron chi connectivity index (χ2n) is 5.32. The highest BCUT2D eigenvalue weighted by molar-refractivity contribution is 5.85. The first-order valence-electron chi connectivity index (χ1n) is 7.22.